The number of aromatic nitrogens is 2. The third-order valence-electron chi connectivity index (χ3n) is 3.05. The van der Waals surface area contributed by atoms with Crippen molar-refractivity contribution in [3.8, 4) is 11.6 Å². The summed E-state index contributed by atoms with van der Waals surface area (Å²) < 4.78 is 11.4. The van der Waals surface area contributed by atoms with Crippen molar-refractivity contribution in [3.05, 3.63) is 56.9 Å². The SMILES string of the molecule is COc1ccc2c(=O)n(-c3ccc(C)o3)c(=O)[nH]c2c1. The van der Waals surface area contributed by atoms with E-state index in [0.717, 1.165) is 4.57 Å². The minimum absolute atomic E-state index is 0.200. The molecule has 20 heavy (non-hydrogen) atoms. The first-order valence-corrected chi connectivity index (χ1v) is 6.00. The van der Waals surface area contributed by atoms with E-state index in [4.69, 9.17) is 9.15 Å². The van der Waals surface area contributed by atoms with E-state index < -0.39 is 11.2 Å². The van der Waals surface area contributed by atoms with Crippen molar-refractivity contribution >= 4 is 10.9 Å². The topological polar surface area (TPSA) is 77.2 Å². The predicted octanol–water partition coefficient (Wildman–Crippen LogP) is 1.59. The molecule has 0 fully saturated rings. The summed E-state index contributed by atoms with van der Waals surface area (Å²) in [5, 5.41) is 0.388. The second kappa shape index (κ2) is 4.41. The standard InChI is InChI=1S/C14H12N2O4/c1-8-3-6-12(20-8)16-13(17)10-5-4-9(19-2)7-11(10)15-14(16)18/h3-7H,1-2H3,(H,15,18). The number of hydrogen-bond donors (Lipinski definition) is 1. The zero-order valence-electron chi connectivity index (χ0n) is 11.0. The molecule has 2 heterocycles. The predicted molar refractivity (Wildman–Crippen MR) is 73.7 cm³/mol. The van der Waals surface area contributed by atoms with E-state index in [1.165, 1.54) is 7.11 Å². The number of benzene rings is 1. The maximum Gasteiger partial charge on any atom is 0.335 e. The van der Waals surface area contributed by atoms with E-state index in [1.807, 2.05) is 0 Å². The molecular weight excluding hydrogens is 260 g/mol. The largest absolute Gasteiger partial charge is 0.497 e. The minimum Gasteiger partial charge on any atom is -0.497 e. The normalized spacial score (nSPS) is 10.9. The van der Waals surface area contributed by atoms with Crippen molar-refractivity contribution in [2.45, 2.75) is 6.92 Å². The Morgan fingerprint density at radius 3 is 2.65 bits per heavy atom. The van der Waals surface area contributed by atoms with Crippen LogP contribution in [0.1, 0.15) is 5.76 Å². The van der Waals surface area contributed by atoms with Gasteiger partial charge in [-0.05, 0) is 25.1 Å². The molecule has 1 aromatic carbocycles. The highest BCUT2D eigenvalue weighted by Crippen LogP contribution is 2.16. The summed E-state index contributed by atoms with van der Waals surface area (Å²) in [6.07, 6.45) is 0. The third kappa shape index (κ3) is 1.82. The van der Waals surface area contributed by atoms with Gasteiger partial charge in [-0.1, -0.05) is 0 Å². The molecule has 102 valence electrons. The lowest BCUT2D eigenvalue weighted by atomic mass is 10.2. The fourth-order valence-electron chi connectivity index (χ4n) is 2.07. The van der Waals surface area contributed by atoms with E-state index in [-0.39, 0.29) is 5.88 Å². The molecule has 0 atom stereocenters. The van der Waals surface area contributed by atoms with Gasteiger partial charge in [0.15, 0.2) is 0 Å². The molecule has 3 aromatic rings. The number of nitrogens with zero attached hydrogens (tertiary/aromatic N) is 1. The van der Waals surface area contributed by atoms with Crippen LogP contribution in [0.25, 0.3) is 16.8 Å². The van der Waals surface area contributed by atoms with Gasteiger partial charge in [-0.2, -0.15) is 4.57 Å². The van der Waals surface area contributed by atoms with Gasteiger partial charge in [0.05, 0.1) is 18.0 Å². The molecule has 0 saturated heterocycles. The highest BCUT2D eigenvalue weighted by Gasteiger charge is 2.12. The first kappa shape index (κ1) is 12.3. The molecule has 2 aromatic heterocycles. The molecule has 0 bridgehead atoms. The molecule has 0 radical (unpaired) electrons. The van der Waals surface area contributed by atoms with Gasteiger partial charge in [0.25, 0.3) is 5.56 Å². The molecule has 3 rings (SSSR count). The number of fused-ring (bicyclic) bond motifs is 1. The molecule has 6 nitrogen and oxygen atoms in total. The van der Waals surface area contributed by atoms with Gasteiger partial charge in [-0.15, -0.1) is 0 Å². The molecule has 0 aliphatic carbocycles. The van der Waals surface area contributed by atoms with Crippen LogP contribution >= 0.6 is 0 Å². The summed E-state index contributed by atoms with van der Waals surface area (Å²) in [6, 6.07) is 8.16. The van der Waals surface area contributed by atoms with Crippen molar-refractivity contribution in [3.63, 3.8) is 0 Å². The number of hydrogen-bond acceptors (Lipinski definition) is 4. The quantitative estimate of drug-likeness (QED) is 0.768. The summed E-state index contributed by atoms with van der Waals surface area (Å²) >= 11 is 0. The number of H-pyrrole nitrogens is 1. The Morgan fingerprint density at radius 1 is 1.20 bits per heavy atom. The average molecular weight is 272 g/mol. The van der Waals surface area contributed by atoms with Gasteiger partial charge >= 0.3 is 5.69 Å². The first-order chi connectivity index (χ1) is 9.60. The Balaban J connectivity index is 2.35. The highest BCUT2D eigenvalue weighted by atomic mass is 16.5. The summed E-state index contributed by atoms with van der Waals surface area (Å²) in [5.74, 6) is 1.40. The number of ether oxygens (including phenoxy) is 1. The second-order valence-electron chi connectivity index (χ2n) is 4.37. The third-order valence-corrected chi connectivity index (χ3v) is 3.05. The lowest BCUT2D eigenvalue weighted by Crippen LogP contribution is -2.33. The number of methoxy groups -OCH3 is 1. The van der Waals surface area contributed by atoms with Gasteiger partial charge < -0.3 is 14.1 Å². The van der Waals surface area contributed by atoms with Crippen LogP contribution in [0.3, 0.4) is 0 Å². The first-order valence-electron chi connectivity index (χ1n) is 6.00. The lowest BCUT2D eigenvalue weighted by Gasteiger charge is -2.05. The van der Waals surface area contributed by atoms with E-state index >= 15 is 0 Å². The van der Waals surface area contributed by atoms with Crippen LogP contribution in [0.5, 0.6) is 5.75 Å². The Kier molecular flexibility index (Phi) is 2.71. The zero-order chi connectivity index (χ0) is 14.3. The highest BCUT2D eigenvalue weighted by molar-refractivity contribution is 5.79. The zero-order valence-corrected chi connectivity index (χ0v) is 11.0. The van der Waals surface area contributed by atoms with Gasteiger partial charge in [0.1, 0.15) is 11.5 Å². The van der Waals surface area contributed by atoms with Crippen molar-refractivity contribution < 1.29 is 9.15 Å². The fraction of sp³-hybridized carbons (Fsp3) is 0.143. The van der Waals surface area contributed by atoms with E-state index in [0.29, 0.717) is 22.4 Å². The maximum absolute atomic E-state index is 12.4. The van der Waals surface area contributed by atoms with Gasteiger partial charge in [0, 0.05) is 12.1 Å². The van der Waals surface area contributed by atoms with E-state index in [1.54, 1.807) is 37.3 Å². The van der Waals surface area contributed by atoms with Crippen LogP contribution in [0.4, 0.5) is 0 Å². The van der Waals surface area contributed by atoms with Crippen LogP contribution in [-0.4, -0.2) is 16.7 Å². The Labute approximate surface area is 113 Å². The van der Waals surface area contributed by atoms with Crippen molar-refractivity contribution in [1.82, 2.24) is 9.55 Å². The molecule has 0 unspecified atom stereocenters. The van der Waals surface area contributed by atoms with Gasteiger partial charge in [-0.3, -0.25) is 4.79 Å². The van der Waals surface area contributed by atoms with Crippen LogP contribution in [-0.2, 0) is 0 Å². The molecule has 0 spiro atoms. The van der Waals surface area contributed by atoms with E-state index in [2.05, 4.69) is 4.98 Å². The molecular formula is C14H12N2O4. The number of aromatic amines is 1. The van der Waals surface area contributed by atoms with Gasteiger partial charge in [-0.25, -0.2) is 4.79 Å². The molecule has 0 aliphatic heterocycles. The van der Waals surface area contributed by atoms with E-state index in [9.17, 15) is 9.59 Å². The lowest BCUT2D eigenvalue weighted by molar-refractivity contribution is 0.415. The number of aryl methyl sites for hydroxylation is 1. The second-order valence-corrected chi connectivity index (χ2v) is 4.37. The molecule has 0 amide bonds. The average Bonchev–Trinajstić information content (AvgIpc) is 2.84. The van der Waals surface area contributed by atoms with Crippen molar-refractivity contribution in [2.24, 2.45) is 0 Å². The van der Waals surface area contributed by atoms with Crippen LogP contribution in [0.2, 0.25) is 0 Å². The maximum atomic E-state index is 12.4. The smallest absolute Gasteiger partial charge is 0.335 e. The summed E-state index contributed by atoms with van der Waals surface area (Å²) in [6.45, 7) is 1.74. The summed E-state index contributed by atoms with van der Waals surface area (Å²) in [4.78, 5) is 27.1. The molecule has 0 aliphatic rings. The van der Waals surface area contributed by atoms with Crippen molar-refractivity contribution in [2.75, 3.05) is 7.11 Å². The molecule has 6 heteroatoms. The summed E-state index contributed by atoms with van der Waals surface area (Å²) in [7, 11) is 1.52. The number of nitrogens with one attached hydrogen (secondary N) is 1. The van der Waals surface area contributed by atoms with Crippen molar-refractivity contribution in [1.29, 1.82) is 0 Å². The number of furan rings is 1. The Bertz CT molecular complexity index is 901. The molecule has 1 N–H and O–H groups in total. The minimum atomic E-state index is -0.551. The van der Waals surface area contributed by atoms with Crippen LogP contribution in [0, 0.1) is 6.92 Å². The monoisotopic (exact) mass is 272 g/mol. The summed E-state index contributed by atoms with van der Waals surface area (Å²) in [5.41, 5.74) is -0.551. The van der Waals surface area contributed by atoms with Gasteiger partial charge in [0.2, 0.25) is 5.88 Å². The fourth-order valence-corrected chi connectivity index (χ4v) is 2.07. The Hall–Kier alpha value is -2.76. The van der Waals surface area contributed by atoms with Crippen LogP contribution < -0.4 is 16.0 Å². The number of rotatable bonds is 2. The molecule has 0 saturated carbocycles. The van der Waals surface area contributed by atoms with Crippen LogP contribution in [0.15, 0.2) is 44.3 Å². The Morgan fingerprint density at radius 2 is 2.00 bits per heavy atom.